The number of hydrogen-bond acceptors (Lipinski definition) is 3. The van der Waals surface area contributed by atoms with E-state index in [-0.39, 0.29) is 23.2 Å². The molecule has 0 aromatic heterocycles. The van der Waals surface area contributed by atoms with E-state index in [1.165, 1.54) is 12.1 Å². The van der Waals surface area contributed by atoms with Gasteiger partial charge in [-0.2, -0.15) is 0 Å². The van der Waals surface area contributed by atoms with E-state index in [9.17, 15) is 14.9 Å². The summed E-state index contributed by atoms with van der Waals surface area (Å²) in [5.74, 6) is 0.344. The third-order valence-electron chi connectivity index (χ3n) is 2.63. The van der Waals surface area contributed by atoms with Crippen molar-refractivity contribution in [1.82, 2.24) is 5.32 Å². The predicted octanol–water partition coefficient (Wildman–Crippen LogP) is 3.74. The fraction of sp³-hybridized carbons (Fsp3) is 0.462. The molecule has 1 aromatic rings. The summed E-state index contributed by atoms with van der Waals surface area (Å²) in [5.41, 5.74) is 0.112. The van der Waals surface area contributed by atoms with Gasteiger partial charge in [0.15, 0.2) is 0 Å². The Morgan fingerprint density at radius 1 is 1.45 bits per heavy atom. The molecule has 0 heterocycles. The number of nitrogens with one attached hydrogen (secondary N) is 1. The highest BCUT2D eigenvalue weighted by Crippen LogP contribution is 2.21. The molecule has 0 aliphatic heterocycles. The van der Waals surface area contributed by atoms with Gasteiger partial charge in [-0.1, -0.05) is 29.8 Å². The Bertz CT molecular complexity index is 508. The highest BCUT2D eigenvalue weighted by Gasteiger charge is 2.17. The van der Waals surface area contributed by atoms with Crippen molar-refractivity contribution in [3.05, 3.63) is 38.3 Å². The fourth-order valence-corrected chi connectivity index (χ4v) is 2.49. The van der Waals surface area contributed by atoms with Crippen molar-refractivity contribution in [2.24, 2.45) is 5.92 Å². The molecule has 1 amide bonds. The SMILES string of the molecule is CC(C)CC(CCl)NC(=O)c1cc(Br)cc([N+](=O)[O-])c1. The Kier molecular flexibility index (Phi) is 6.42. The summed E-state index contributed by atoms with van der Waals surface area (Å²) < 4.78 is 0.489. The van der Waals surface area contributed by atoms with Crippen molar-refractivity contribution < 1.29 is 9.72 Å². The van der Waals surface area contributed by atoms with Gasteiger partial charge in [0.25, 0.3) is 11.6 Å². The maximum absolute atomic E-state index is 12.1. The summed E-state index contributed by atoms with van der Waals surface area (Å²) >= 11 is 8.99. The van der Waals surface area contributed by atoms with Gasteiger partial charge in [0.05, 0.1) is 4.92 Å². The van der Waals surface area contributed by atoms with Crippen LogP contribution in [-0.2, 0) is 0 Å². The summed E-state index contributed by atoms with van der Waals surface area (Å²) in [7, 11) is 0. The summed E-state index contributed by atoms with van der Waals surface area (Å²) in [6, 6.07) is 4.00. The topological polar surface area (TPSA) is 72.2 Å². The minimum atomic E-state index is -0.533. The molecule has 0 spiro atoms. The number of alkyl halides is 1. The molecule has 5 nitrogen and oxygen atoms in total. The first-order valence-corrected chi connectivity index (χ1v) is 7.48. The van der Waals surface area contributed by atoms with Crippen LogP contribution in [0.15, 0.2) is 22.7 Å². The lowest BCUT2D eigenvalue weighted by atomic mass is 10.0. The molecule has 0 fully saturated rings. The lowest BCUT2D eigenvalue weighted by molar-refractivity contribution is -0.385. The average molecular weight is 364 g/mol. The Balaban J connectivity index is 2.88. The second-order valence-corrected chi connectivity index (χ2v) is 6.13. The summed E-state index contributed by atoms with van der Waals surface area (Å²) in [6.45, 7) is 4.07. The van der Waals surface area contributed by atoms with E-state index in [4.69, 9.17) is 11.6 Å². The minimum absolute atomic E-state index is 0.129. The van der Waals surface area contributed by atoms with Gasteiger partial charge >= 0.3 is 0 Å². The van der Waals surface area contributed by atoms with Crippen LogP contribution in [0.1, 0.15) is 30.6 Å². The monoisotopic (exact) mass is 362 g/mol. The van der Waals surface area contributed by atoms with Crippen LogP contribution in [0.4, 0.5) is 5.69 Å². The van der Waals surface area contributed by atoms with Crippen LogP contribution in [0.5, 0.6) is 0 Å². The molecule has 1 unspecified atom stereocenters. The first-order valence-electron chi connectivity index (χ1n) is 6.15. The molecule has 1 aromatic carbocycles. The van der Waals surface area contributed by atoms with Gasteiger partial charge in [0.2, 0.25) is 0 Å². The number of carbonyl (C=O) groups is 1. The number of nitro benzene ring substituents is 1. The van der Waals surface area contributed by atoms with Gasteiger partial charge in [-0.05, 0) is 18.4 Å². The smallest absolute Gasteiger partial charge is 0.271 e. The van der Waals surface area contributed by atoms with Crippen LogP contribution in [-0.4, -0.2) is 22.8 Å². The number of hydrogen-bond donors (Lipinski definition) is 1. The van der Waals surface area contributed by atoms with E-state index in [1.54, 1.807) is 6.07 Å². The van der Waals surface area contributed by atoms with Crippen LogP contribution in [0.2, 0.25) is 0 Å². The quantitative estimate of drug-likeness (QED) is 0.475. The molecule has 0 aliphatic carbocycles. The van der Waals surface area contributed by atoms with Crippen molar-refractivity contribution in [3.8, 4) is 0 Å². The number of amides is 1. The van der Waals surface area contributed by atoms with E-state index in [1.807, 2.05) is 13.8 Å². The Labute approximate surface area is 131 Å². The first-order chi connectivity index (χ1) is 9.33. The maximum Gasteiger partial charge on any atom is 0.271 e. The van der Waals surface area contributed by atoms with Crippen LogP contribution in [0, 0.1) is 16.0 Å². The van der Waals surface area contributed by atoms with E-state index in [0.29, 0.717) is 16.3 Å². The molecule has 20 heavy (non-hydrogen) atoms. The third-order valence-corrected chi connectivity index (χ3v) is 3.46. The van der Waals surface area contributed by atoms with E-state index in [0.717, 1.165) is 6.42 Å². The molecule has 110 valence electrons. The predicted molar refractivity (Wildman–Crippen MR) is 82.2 cm³/mol. The summed E-state index contributed by atoms with van der Waals surface area (Å²) in [5, 5.41) is 13.6. The van der Waals surface area contributed by atoms with Crippen LogP contribution >= 0.6 is 27.5 Å². The molecule has 7 heteroatoms. The lowest BCUT2D eigenvalue weighted by Gasteiger charge is -2.18. The van der Waals surface area contributed by atoms with Crippen LogP contribution < -0.4 is 5.32 Å². The molecular weight excluding hydrogens is 348 g/mol. The number of carbonyl (C=O) groups excluding carboxylic acids is 1. The number of rotatable bonds is 6. The first kappa shape index (κ1) is 16.9. The minimum Gasteiger partial charge on any atom is -0.348 e. The second-order valence-electron chi connectivity index (χ2n) is 4.91. The molecule has 0 saturated heterocycles. The number of benzene rings is 1. The molecule has 0 bridgehead atoms. The van der Waals surface area contributed by atoms with Gasteiger partial charge in [-0.3, -0.25) is 14.9 Å². The van der Waals surface area contributed by atoms with E-state index in [2.05, 4.69) is 21.2 Å². The van der Waals surface area contributed by atoms with Crippen molar-refractivity contribution in [3.63, 3.8) is 0 Å². The molecule has 0 aliphatic rings. The molecular formula is C13H16BrClN2O3. The molecule has 1 atom stereocenters. The number of nitro groups is 1. The van der Waals surface area contributed by atoms with Gasteiger partial charge < -0.3 is 5.32 Å². The van der Waals surface area contributed by atoms with Gasteiger partial charge in [-0.25, -0.2) is 0 Å². The average Bonchev–Trinajstić information content (AvgIpc) is 2.36. The number of nitrogens with zero attached hydrogens (tertiary/aromatic N) is 1. The summed E-state index contributed by atoms with van der Waals surface area (Å²) in [4.78, 5) is 22.4. The van der Waals surface area contributed by atoms with Gasteiger partial charge in [-0.15, -0.1) is 11.6 Å². The van der Waals surface area contributed by atoms with Gasteiger partial charge in [0, 0.05) is 34.1 Å². The molecule has 0 saturated carbocycles. The number of non-ortho nitro benzene ring substituents is 1. The van der Waals surface area contributed by atoms with Crippen molar-refractivity contribution in [2.45, 2.75) is 26.3 Å². The largest absolute Gasteiger partial charge is 0.348 e. The Morgan fingerprint density at radius 3 is 2.60 bits per heavy atom. The fourth-order valence-electron chi connectivity index (χ4n) is 1.81. The molecule has 0 radical (unpaired) electrons. The normalized spacial score (nSPS) is 12.2. The lowest BCUT2D eigenvalue weighted by Crippen LogP contribution is -2.37. The molecule has 1 rings (SSSR count). The van der Waals surface area contributed by atoms with Gasteiger partial charge in [0.1, 0.15) is 0 Å². The second kappa shape index (κ2) is 7.59. The Hall–Kier alpha value is -1.14. The van der Waals surface area contributed by atoms with Crippen molar-refractivity contribution in [1.29, 1.82) is 0 Å². The third kappa shape index (κ3) is 5.09. The van der Waals surface area contributed by atoms with Crippen LogP contribution in [0.25, 0.3) is 0 Å². The van der Waals surface area contributed by atoms with E-state index < -0.39 is 4.92 Å². The zero-order valence-corrected chi connectivity index (χ0v) is 13.6. The van der Waals surface area contributed by atoms with Crippen LogP contribution in [0.3, 0.4) is 0 Å². The standard InChI is InChI=1S/C13H16BrClN2O3/c1-8(2)3-11(7-15)16-13(18)9-4-10(14)6-12(5-9)17(19)20/h4-6,8,11H,3,7H2,1-2H3,(H,16,18). The highest BCUT2D eigenvalue weighted by atomic mass is 79.9. The van der Waals surface area contributed by atoms with Crippen molar-refractivity contribution >= 4 is 39.1 Å². The number of halogens is 2. The van der Waals surface area contributed by atoms with Crippen molar-refractivity contribution in [2.75, 3.05) is 5.88 Å². The molecule has 1 N–H and O–H groups in total. The summed E-state index contributed by atoms with van der Waals surface area (Å²) in [6.07, 6.45) is 0.755. The maximum atomic E-state index is 12.1. The zero-order valence-electron chi connectivity index (χ0n) is 11.2. The Morgan fingerprint density at radius 2 is 2.10 bits per heavy atom. The highest BCUT2D eigenvalue weighted by molar-refractivity contribution is 9.10. The van der Waals surface area contributed by atoms with E-state index >= 15 is 0 Å². The zero-order chi connectivity index (χ0) is 15.3.